The first kappa shape index (κ1) is 17.6. The summed E-state index contributed by atoms with van der Waals surface area (Å²) in [5, 5.41) is 8.36. The normalized spacial score (nSPS) is 22.8. The van der Waals surface area contributed by atoms with E-state index in [1.165, 1.54) is 12.2 Å². The summed E-state index contributed by atoms with van der Waals surface area (Å²) >= 11 is 0. The van der Waals surface area contributed by atoms with E-state index in [9.17, 15) is 9.18 Å². The number of allylic oxidation sites excluding steroid dienone is 4. The number of halogens is 1. The lowest BCUT2D eigenvalue weighted by molar-refractivity contribution is 0.0689. The zero-order valence-electron chi connectivity index (χ0n) is 15.4. The molecule has 142 valence electrons. The highest BCUT2D eigenvalue weighted by atomic mass is 19.1. The van der Waals surface area contributed by atoms with E-state index in [1.54, 1.807) is 21.7 Å². The van der Waals surface area contributed by atoms with Crippen molar-refractivity contribution in [3.63, 3.8) is 0 Å². The van der Waals surface area contributed by atoms with Gasteiger partial charge in [-0.3, -0.25) is 9.48 Å². The molecule has 2 aromatic rings. The van der Waals surface area contributed by atoms with Crippen LogP contribution in [0.5, 0.6) is 0 Å². The van der Waals surface area contributed by atoms with Gasteiger partial charge < -0.3 is 9.42 Å². The van der Waals surface area contributed by atoms with Gasteiger partial charge >= 0.3 is 0 Å². The van der Waals surface area contributed by atoms with Crippen LogP contribution in [-0.2, 0) is 7.05 Å². The summed E-state index contributed by atoms with van der Waals surface area (Å²) in [6, 6.07) is 1.80. The molecular weight excluding hydrogens is 349 g/mol. The summed E-state index contributed by atoms with van der Waals surface area (Å²) in [6.07, 6.45) is 7.00. The monoisotopic (exact) mass is 371 g/mol. The third-order valence-corrected chi connectivity index (χ3v) is 5.23. The highest BCUT2D eigenvalue weighted by Gasteiger charge is 2.30. The first-order valence-electron chi connectivity index (χ1n) is 9.18. The van der Waals surface area contributed by atoms with Crippen molar-refractivity contribution in [1.29, 1.82) is 0 Å². The second-order valence-corrected chi connectivity index (χ2v) is 7.17. The molecule has 1 amide bonds. The number of aromatic nitrogens is 4. The maximum atomic E-state index is 13.1. The van der Waals surface area contributed by atoms with Gasteiger partial charge in [0.25, 0.3) is 5.91 Å². The number of likely N-dealkylation sites (tertiary alicyclic amines) is 1. The van der Waals surface area contributed by atoms with Crippen molar-refractivity contribution < 1.29 is 13.7 Å². The van der Waals surface area contributed by atoms with E-state index >= 15 is 0 Å². The van der Waals surface area contributed by atoms with Gasteiger partial charge in [-0.15, -0.1) is 0 Å². The van der Waals surface area contributed by atoms with Crippen molar-refractivity contribution >= 4 is 5.91 Å². The number of nitrogens with zero attached hydrogens (tertiary/aromatic N) is 5. The Morgan fingerprint density at radius 1 is 1.41 bits per heavy atom. The van der Waals surface area contributed by atoms with E-state index in [2.05, 4.69) is 15.2 Å². The second kappa shape index (κ2) is 7.09. The van der Waals surface area contributed by atoms with Crippen LogP contribution in [0, 0.1) is 6.92 Å². The minimum atomic E-state index is -0.235. The number of hydrogen-bond acceptors (Lipinski definition) is 5. The predicted molar refractivity (Wildman–Crippen MR) is 95.8 cm³/mol. The Kier molecular flexibility index (Phi) is 4.63. The molecule has 0 spiro atoms. The van der Waals surface area contributed by atoms with Crippen LogP contribution in [0.15, 0.2) is 34.6 Å². The highest BCUT2D eigenvalue weighted by molar-refractivity contribution is 5.92. The first-order valence-corrected chi connectivity index (χ1v) is 9.18. The number of amides is 1. The number of rotatable bonds is 3. The summed E-state index contributed by atoms with van der Waals surface area (Å²) in [7, 11) is 1.83. The van der Waals surface area contributed by atoms with Gasteiger partial charge in [0.1, 0.15) is 5.83 Å². The fraction of sp³-hybridized carbons (Fsp3) is 0.474. The summed E-state index contributed by atoms with van der Waals surface area (Å²) in [4.78, 5) is 19.1. The molecule has 3 heterocycles. The summed E-state index contributed by atoms with van der Waals surface area (Å²) < 4.78 is 20.3. The van der Waals surface area contributed by atoms with E-state index in [0.29, 0.717) is 36.9 Å². The molecule has 1 saturated heterocycles. The number of aryl methyl sites for hydroxylation is 2. The zero-order chi connectivity index (χ0) is 19.0. The summed E-state index contributed by atoms with van der Waals surface area (Å²) in [5.41, 5.74) is 1.41. The smallest absolute Gasteiger partial charge is 0.274 e. The molecule has 1 aliphatic carbocycles. The van der Waals surface area contributed by atoms with Gasteiger partial charge in [-0.1, -0.05) is 11.2 Å². The van der Waals surface area contributed by atoms with Crippen molar-refractivity contribution in [2.24, 2.45) is 7.05 Å². The first-order chi connectivity index (χ1) is 13.0. The van der Waals surface area contributed by atoms with E-state index < -0.39 is 0 Å². The molecule has 1 fully saturated rings. The minimum Gasteiger partial charge on any atom is -0.339 e. The molecule has 0 aromatic carbocycles. The van der Waals surface area contributed by atoms with Gasteiger partial charge in [0.05, 0.1) is 5.92 Å². The predicted octanol–water partition coefficient (Wildman–Crippen LogP) is 3.03. The van der Waals surface area contributed by atoms with E-state index in [1.807, 2.05) is 14.0 Å². The molecule has 7 nitrogen and oxygen atoms in total. The van der Waals surface area contributed by atoms with Crippen LogP contribution in [0.25, 0.3) is 0 Å². The Hall–Kier alpha value is -2.77. The molecule has 0 N–H and O–H groups in total. The van der Waals surface area contributed by atoms with Gasteiger partial charge in [0, 0.05) is 31.7 Å². The maximum Gasteiger partial charge on any atom is 0.274 e. The van der Waals surface area contributed by atoms with Crippen molar-refractivity contribution in [3.8, 4) is 0 Å². The minimum absolute atomic E-state index is 0.00797. The SMILES string of the molecule is Cc1cc(C(=O)N2CCC[C@H](c3nc(C4C=CC(F)=CC4)no3)C2)nn1C. The summed E-state index contributed by atoms with van der Waals surface area (Å²) in [6.45, 7) is 3.15. The average Bonchev–Trinajstić information content (AvgIpc) is 3.29. The Labute approximate surface area is 156 Å². The maximum absolute atomic E-state index is 13.1. The van der Waals surface area contributed by atoms with Crippen LogP contribution < -0.4 is 0 Å². The summed E-state index contributed by atoms with van der Waals surface area (Å²) in [5.74, 6) is 0.741. The van der Waals surface area contributed by atoms with Crippen molar-refractivity contribution in [1.82, 2.24) is 24.8 Å². The van der Waals surface area contributed by atoms with Crippen LogP contribution in [-0.4, -0.2) is 43.8 Å². The van der Waals surface area contributed by atoms with Gasteiger partial charge in [0.2, 0.25) is 5.89 Å². The quantitative estimate of drug-likeness (QED) is 0.829. The molecule has 2 atom stereocenters. The topological polar surface area (TPSA) is 77.1 Å². The molecule has 4 rings (SSSR count). The van der Waals surface area contributed by atoms with Gasteiger partial charge in [-0.05, 0) is 44.4 Å². The second-order valence-electron chi connectivity index (χ2n) is 7.17. The molecule has 2 aromatic heterocycles. The standard InChI is InChI=1S/C19H22FN5O2/c1-12-10-16(22-24(12)2)19(26)25-9-3-4-14(11-25)18-21-17(23-27-18)13-5-7-15(20)8-6-13/h5,7-8,10,13-14H,3-4,6,9,11H2,1-2H3/t13?,14-/m0/s1. The molecule has 0 saturated carbocycles. The van der Waals surface area contributed by atoms with Gasteiger partial charge in [-0.2, -0.15) is 10.1 Å². The number of carbonyl (C=O) groups is 1. The van der Waals surface area contributed by atoms with Gasteiger partial charge in [0.15, 0.2) is 11.5 Å². The Bertz CT molecular complexity index is 894. The number of carbonyl (C=O) groups excluding carboxylic acids is 1. The van der Waals surface area contributed by atoms with E-state index in [-0.39, 0.29) is 23.6 Å². The Morgan fingerprint density at radius 2 is 2.26 bits per heavy atom. The average molecular weight is 371 g/mol. The largest absolute Gasteiger partial charge is 0.339 e. The van der Waals surface area contributed by atoms with Crippen molar-refractivity contribution in [2.45, 2.75) is 38.0 Å². The van der Waals surface area contributed by atoms with Crippen LogP contribution in [0.4, 0.5) is 4.39 Å². The molecule has 1 unspecified atom stereocenters. The zero-order valence-corrected chi connectivity index (χ0v) is 15.4. The number of hydrogen-bond donors (Lipinski definition) is 0. The van der Waals surface area contributed by atoms with Crippen LogP contribution >= 0.6 is 0 Å². The van der Waals surface area contributed by atoms with Crippen molar-refractivity contribution in [3.05, 3.63) is 53.2 Å². The van der Waals surface area contributed by atoms with Crippen LogP contribution in [0.2, 0.25) is 0 Å². The Morgan fingerprint density at radius 3 is 2.96 bits per heavy atom. The number of piperidine rings is 1. The highest BCUT2D eigenvalue weighted by Crippen LogP contribution is 2.30. The molecule has 0 radical (unpaired) electrons. The van der Waals surface area contributed by atoms with E-state index in [0.717, 1.165) is 18.5 Å². The Balaban J connectivity index is 1.45. The van der Waals surface area contributed by atoms with Gasteiger partial charge in [-0.25, -0.2) is 4.39 Å². The van der Waals surface area contributed by atoms with Crippen molar-refractivity contribution in [2.75, 3.05) is 13.1 Å². The fourth-order valence-electron chi connectivity index (χ4n) is 3.54. The lowest BCUT2D eigenvalue weighted by Gasteiger charge is -2.30. The molecule has 27 heavy (non-hydrogen) atoms. The van der Waals surface area contributed by atoms with Crippen LogP contribution in [0.3, 0.4) is 0 Å². The lowest BCUT2D eigenvalue weighted by Crippen LogP contribution is -2.39. The van der Waals surface area contributed by atoms with Crippen LogP contribution in [0.1, 0.15) is 59.0 Å². The molecule has 8 heteroatoms. The molecular formula is C19H22FN5O2. The van der Waals surface area contributed by atoms with E-state index in [4.69, 9.17) is 4.52 Å². The lowest BCUT2D eigenvalue weighted by atomic mass is 9.97. The fourth-order valence-corrected chi connectivity index (χ4v) is 3.54. The molecule has 0 bridgehead atoms. The third kappa shape index (κ3) is 3.56. The molecule has 1 aliphatic heterocycles. The third-order valence-electron chi connectivity index (χ3n) is 5.23. The molecule has 2 aliphatic rings.